The van der Waals surface area contributed by atoms with E-state index < -0.39 is 5.97 Å². The van der Waals surface area contributed by atoms with Gasteiger partial charge in [0.05, 0.1) is 0 Å². The molecule has 0 saturated carbocycles. The molecule has 0 N–H and O–H groups in total. The molecule has 0 saturated heterocycles. The Kier molecular flexibility index (Phi) is 5.69. The highest BCUT2D eigenvalue weighted by Crippen LogP contribution is 2.23. The number of hydrogen-bond donors (Lipinski definition) is 0. The Morgan fingerprint density at radius 2 is 1.57 bits per heavy atom. The van der Waals surface area contributed by atoms with Crippen LogP contribution in [0.1, 0.15) is 18.9 Å². The lowest BCUT2D eigenvalue weighted by Crippen LogP contribution is -2.05. The SMILES string of the molecule is C=CC(=O)OCc1ccc(-c2ccc(OC(=O)CC)cc2)cc1. The Balaban J connectivity index is 2.02. The van der Waals surface area contributed by atoms with E-state index in [2.05, 4.69) is 6.58 Å². The Morgan fingerprint density at radius 3 is 2.09 bits per heavy atom. The van der Waals surface area contributed by atoms with Gasteiger partial charge in [-0.25, -0.2) is 4.79 Å². The number of ether oxygens (including phenoxy) is 2. The summed E-state index contributed by atoms with van der Waals surface area (Å²) < 4.78 is 10.1. The van der Waals surface area contributed by atoms with Gasteiger partial charge in [-0.3, -0.25) is 4.79 Å². The van der Waals surface area contributed by atoms with E-state index in [1.54, 1.807) is 19.1 Å². The van der Waals surface area contributed by atoms with Crippen molar-refractivity contribution >= 4 is 11.9 Å². The van der Waals surface area contributed by atoms with E-state index >= 15 is 0 Å². The van der Waals surface area contributed by atoms with Crippen LogP contribution in [0.2, 0.25) is 0 Å². The number of hydrogen-bond acceptors (Lipinski definition) is 4. The van der Waals surface area contributed by atoms with E-state index in [0.717, 1.165) is 22.8 Å². The molecule has 0 fully saturated rings. The lowest BCUT2D eigenvalue weighted by molar-refractivity contribution is -0.139. The Labute approximate surface area is 135 Å². The van der Waals surface area contributed by atoms with E-state index in [9.17, 15) is 9.59 Å². The molecular formula is C19H18O4. The maximum atomic E-state index is 11.2. The highest BCUT2D eigenvalue weighted by molar-refractivity contribution is 5.81. The molecule has 0 radical (unpaired) electrons. The third kappa shape index (κ3) is 4.81. The summed E-state index contributed by atoms with van der Waals surface area (Å²) in [4.78, 5) is 22.3. The minimum absolute atomic E-state index is 0.219. The van der Waals surface area contributed by atoms with Gasteiger partial charge in [-0.05, 0) is 28.8 Å². The second kappa shape index (κ2) is 7.94. The Morgan fingerprint density at radius 1 is 1.00 bits per heavy atom. The fourth-order valence-electron chi connectivity index (χ4n) is 1.93. The molecule has 0 aliphatic carbocycles. The molecule has 0 amide bonds. The molecule has 0 heterocycles. The average molecular weight is 310 g/mol. The fraction of sp³-hybridized carbons (Fsp3) is 0.158. The van der Waals surface area contributed by atoms with Crippen molar-refractivity contribution in [3.8, 4) is 16.9 Å². The summed E-state index contributed by atoms with van der Waals surface area (Å²) in [6.45, 7) is 5.33. The molecule has 118 valence electrons. The lowest BCUT2D eigenvalue weighted by Gasteiger charge is -2.07. The summed E-state index contributed by atoms with van der Waals surface area (Å²) in [6, 6.07) is 15.0. The summed E-state index contributed by atoms with van der Waals surface area (Å²) >= 11 is 0. The molecule has 0 aliphatic rings. The largest absolute Gasteiger partial charge is 0.458 e. The molecule has 4 heteroatoms. The monoisotopic (exact) mass is 310 g/mol. The van der Waals surface area contributed by atoms with Crippen molar-refractivity contribution in [3.63, 3.8) is 0 Å². The van der Waals surface area contributed by atoms with Gasteiger partial charge >= 0.3 is 11.9 Å². The van der Waals surface area contributed by atoms with Crippen LogP contribution < -0.4 is 4.74 Å². The second-order valence-corrected chi connectivity index (χ2v) is 4.86. The summed E-state index contributed by atoms with van der Waals surface area (Å²) in [5.74, 6) is -0.156. The highest BCUT2D eigenvalue weighted by Gasteiger charge is 2.03. The molecule has 4 nitrogen and oxygen atoms in total. The molecule has 23 heavy (non-hydrogen) atoms. The average Bonchev–Trinajstić information content (AvgIpc) is 2.60. The first kappa shape index (κ1) is 16.5. The van der Waals surface area contributed by atoms with Crippen LogP contribution in [0.4, 0.5) is 0 Å². The van der Waals surface area contributed by atoms with Crippen LogP contribution >= 0.6 is 0 Å². The van der Waals surface area contributed by atoms with Gasteiger partial charge < -0.3 is 9.47 Å². The molecule has 2 aromatic rings. The first-order valence-corrected chi connectivity index (χ1v) is 7.31. The predicted octanol–water partition coefficient (Wildman–Crippen LogP) is 3.90. The van der Waals surface area contributed by atoms with E-state index in [-0.39, 0.29) is 12.6 Å². The lowest BCUT2D eigenvalue weighted by atomic mass is 10.0. The molecule has 0 aromatic heterocycles. The van der Waals surface area contributed by atoms with Crippen LogP contribution in [0.25, 0.3) is 11.1 Å². The van der Waals surface area contributed by atoms with Crippen LogP contribution in [0.3, 0.4) is 0 Å². The maximum Gasteiger partial charge on any atom is 0.330 e. The van der Waals surface area contributed by atoms with Crippen LogP contribution in [0.15, 0.2) is 61.2 Å². The van der Waals surface area contributed by atoms with Crippen molar-refractivity contribution < 1.29 is 19.1 Å². The number of rotatable bonds is 6. The molecule has 0 spiro atoms. The standard InChI is InChI=1S/C19H18O4/c1-3-18(20)22-13-14-5-7-15(8-6-14)16-9-11-17(12-10-16)23-19(21)4-2/h3,5-12H,1,4,13H2,2H3. The zero-order chi connectivity index (χ0) is 16.7. The van der Waals surface area contributed by atoms with Crippen molar-refractivity contribution in [2.24, 2.45) is 0 Å². The van der Waals surface area contributed by atoms with Gasteiger partial charge in [0, 0.05) is 12.5 Å². The normalized spacial score (nSPS) is 9.96. The minimum atomic E-state index is -0.439. The van der Waals surface area contributed by atoms with Gasteiger partial charge in [0.25, 0.3) is 0 Å². The second-order valence-electron chi connectivity index (χ2n) is 4.86. The van der Waals surface area contributed by atoms with Gasteiger partial charge in [-0.1, -0.05) is 49.9 Å². The van der Waals surface area contributed by atoms with Crippen molar-refractivity contribution in [2.45, 2.75) is 20.0 Å². The zero-order valence-electron chi connectivity index (χ0n) is 13.0. The van der Waals surface area contributed by atoms with Gasteiger partial charge in [0.1, 0.15) is 12.4 Å². The van der Waals surface area contributed by atoms with Crippen molar-refractivity contribution in [2.75, 3.05) is 0 Å². The molecule has 2 aromatic carbocycles. The van der Waals surface area contributed by atoms with Gasteiger partial charge in [-0.15, -0.1) is 0 Å². The maximum absolute atomic E-state index is 11.2. The minimum Gasteiger partial charge on any atom is -0.458 e. The number of carbonyl (C=O) groups is 2. The van der Waals surface area contributed by atoms with Crippen LogP contribution in [0.5, 0.6) is 5.75 Å². The van der Waals surface area contributed by atoms with Crippen LogP contribution in [0, 0.1) is 0 Å². The highest BCUT2D eigenvalue weighted by atomic mass is 16.5. The quantitative estimate of drug-likeness (QED) is 0.461. The fourth-order valence-corrected chi connectivity index (χ4v) is 1.93. The molecule has 0 unspecified atom stereocenters. The van der Waals surface area contributed by atoms with E-state index in [4.69, 9.17) is 9.47 Å². The number of carbonyl (C=O) groups excluding carboxylic acids is 2. The third-order valence-corrected chi connectivity index (χ3v) is 3.21. The summed E-state index contributed by atoms with van der Waals surface area (Å²) in [5.41, 5.74) is 2.94. The number of benzene rings is 2. The molecule has 0 bridgehead atoms. The van der Waals surface area contributed by atoms with Crippen LogP contribution in [-0.4, -0.2) is 11.9 Å². The van der Waals surface area contributed by atoms with Crippen molar-refractivity contribution in [1.82, 2.24) is 0 Å². The van der Waals surface area contributed by atoms with E-state index in [0.29, 0.717) is 12.2 Å². The smallest absolute Gasteiger partial charge is 0.330 e. The Hall–Kier alpha value is -2.88. The van der Waals surface area contributed by atoms with Gasteiger partial charge in [0.2, 0.25) is 0 Å². The summed E-state index contributed by atoms with van der Waals surface area (Å²) in [5, 5.41) is 0. The van der Waals surface area contributed by atoms with Crippen LogP contribution in [-0.2, 0) is 20.9 Å². The molecule has 0 aliphatic heterocycles. The van der Waals surface area contributed by atoms with Crippen molar-refractivity contribution in [1.29, 1.82) is 0 Å². The molecule has 2 rings (SSSR count). The third-order valence-electron chi connectivity index (χ3n) is 3.21. The van der Waals surface area contributed by atoms with Gasteiger partial charge in [-0.2, -0.15) is 0 Å². The van der Waals surface area contributed by atoms with Crippen molar-refractivity contribution in [3.05, 3.63) is 66.7 Å². The first-order valence-electron chi connectivity index (χ1n) is 7.31. The van der Waals surface area contributed by atoms with E-state index in [1.807, 2.05) is 36.4 Å². The summed E-state index contributed by atoms with van der Waals surface area (Å²) in [7, 11) is 0. The number of esters is 2. The van der Waals surface area contributed by atoms with Gasteiger partial charge in [0.15, 0.2) is 0 Å². The molecular weight excluding hydrogens is 292 g/mol. The topological polar surface area (TPSA) is 52.6 Å². The first-order chi connectivity index (χ1) is 11.1. The molecule has 0 atom stereocenters. The van der Waals surface area contributed by atoms with E-state index in [1.165, 1.54) is 0 Å². The zero-order valence-corrected chi connectivity index (χ0v) is 13.0. The predicted molar refractivity (Wildman–Crippen MR) is 87.8 cm³/mol. The summed E-state index contributed by atoms with van der Waals surface area (Å²) in [6.07, 6.45) is 1.49. The Bertz CT molecular complexity index is 684.